The van der Waals surface area contributed by atoms with Crippen LogP contribution >= 0.6 is 0 Å². The maximum atomic E-state index is 12.1. The third-order valence-corrected chi connectivity index (χ3v) is 9.71. The minimum Gasteiger partial charge on any atom is -0.492 e. The van der Waals surface area contributed by atoms with Crippen LogP contribution in [0.2, 0.25) is 0 Å². The van der Waals surface area contributed by atoms with Gasteiger partial charge in [-0.15, -0.1) is 0 Å². The van der Waals surface area contributed by atoms with Crippen LogP contribution in [0, 0.1) is 0 Å². The summed E-state index contributed by atoms with van der Waals surface area (Å²) in [6.45, 7) is -1.45. The zero-order valence-corrected chi connectivity index (χ0v) is 37.2. The third-order valence-electron chi connectivity index (χ3n) is 8.88. The zero-order valence-electron chi connectivity index (χ0n) is 33.6. The van der Waals surface area contributed by atoms with Gasteiger partial charge in [-0.05, 0) is 45.5 Å². The van der Waals surface area contributed by atoms with Crippen LogP contribution < -0.4 is 58.0 Å². The molecule has 0 saturated carbocycles. The zero-order chi connectivity index (χ0) is 42.5. The molecule has 0 atom stereocenters. The van der Waals surface area contributed by atoms with Gasteiger partial charge in [-0.25, -0.2) is 8.37 Å². The van der Waals surface area contributed by atoms with Crippen molar-refractivity contribution in [3.8, 4) is 45.6 Å². The first-order valence-electron chi connectivity index (χ1n) is 18.3. The van der Waals surface area contributed by atoms with Gasteiger partial charge in [0.25, 0.3) is 0 Å². The number of hydrogen-bond donors (Lipinski definition) is 2. The molecule has 17 heteroatoms. The normalized spacial score (nSPS) is 11.3. The van der Waals surface area contributed by atoms with Crippen molar-refractivity contribution < 1.29 is 92.3 Å². The molecule has 0 bridgehead atoms. The molecular weight excluding hydrogens is 840 g/mol. The molecule has 0 aromatic heterocycles. The number of methoxy groups -OCH3 is 2. The molecule has 0 spiro atoms. The molecule has 0 saturated heterocycles. The molecule has 0 aliphatic rings. The Morgan fingerprint density at radius 2 is 0.689 bits per heavy atom. The van der Waals surface area contributed by atoms with Gasteiger partial charge in [0.15, 0.2) is 23.0 Å². The Bertz CT molecular complexity index is 2380. The first-order chi connectivity index (χ1) is 28.9. The van der Waals surface area contributed by atoms with Crippen LogP contribution in [0.5, 0.6) is 34.5 Å². The Balaban J connectivity index is 0.00000704. The summed E-state index contributed by atoms with van der Waals surface area (Å²) in [4.78, 5) is 0. The van der Waals surface area contributed by atoms with E-state index >= 15 is 0 Å². The fraction of sp³-hybridized carbons (Fsp3) is 0.182. The second kappa shape index (κ2) is 22.1. The van der Waals surface area contributed by atoms with E-state index in [1.165, 1.54) is 26.4 Å². The minimum atomic E-state index is -5.03. The van der Waals surface area contributed by atoms with Gasteiger partial charge >= 0.3 is 50.4 Å². The molecule has 314 valence electrons. The Hall–Kier alpha value is -5.14. The number of hydrogen-bond acceptors (Lipinski definition) is 12. The fourth-order valence-corrected chi connectivity index (χ4v) is 6.75. The van der Waals surface area contributed by atoms with Crippen molar-refractivity contribution >= 4 is 20.8 Å². The molecule has 0 fully saturated rings. The van der Waals surface area contributed by atoms with E-state index in [1.807, 2.05) is 121 Å². The van der Waals surface area contributed by atoms with Gasteiger partial charge < -0.3 is 28.4 Å². The summed E-state index contributed by atoms with van der Waals surface area (Å²) >= 11 is 0. The fourth-order valence-electron chi connectivity index (χ4n) is 6.19. The predicted molar refractivity (Wildman–Crippen MR) is 221 cm³/mol. The Kier molecular flexibility index (Phi) is 17.0. The summed E-state index contributed by atoms with van der Waals surface area (Å²) in [5, 5.41) is 0. The van der Waals surface area contributed by atoms with Crippen LogP contribution in [0.3, 0.4) is 0 Å². The van der Waals surface area contributed by atoms with Crippen LogP contribution in [0.15, 0.2) is 133 Å². The number of benzene rings is 6. The summed E-state index contributed by atoms with van der Waals surface area (Å²) in [6.07, 6.45) is 0. The molecule has 61 heavy (non-hydrogen) atoms. The van der Waals surface area contributed by atoms with Crippen LogP contribution in [-0.2, 0) is 68.8 Å². The van der Waals surface area contributed by atoms with Gasteiger partial charge in [-0.1, -0.05) is 121 Å². The average Bonchev–Trinajstić information content (AvgIpc) is 3.25. The van der Waals surface area contributed by atoms with Crippen molar-refractivity contribution in [2.24, 2.45) is 0 Å². The van der Waals surface area contributed by atoms with Crippen molar-refractivity contribution in [3.05, 3.63) is 167 Å². The molecule has 0 unspecified atom stereocenters. The smallest absolute Gasteiger partial charge is 0.492 e. The molecule has 6 rings (SSSR count). The van der Waals surface area contributed by atoms with E-state index in [-0.39, 0.29) is 113 Å². The maximum absolute atomic E-state index is 12.1. The van der Waals surface area contributed by atoms with E-state index in [4.69, 9.17) is 36.8 Å². The molecule has 0 aliphatic carbocycles. The monoisotopic (exact) mass is 881 g/mol. The molecule has 0 radical (unpaired) electrons. The summed E-state index contributed by atoms with van der Waals surface area (Å²) in [5.74, 6) is 0.239. The van der Waals surface area contributed by atoms with E-state index in [0.717, 1.165) is 22.3 Å². The number of ether oxygens (including phenoxy) is 6. The Morgan fingerprint density at radius 3 is 0.951 bits per heavy atom. The van der Waals surface area contributed by atoms with Crippen molar-refractivity contribution in [1.82, 2.24) is 0 Å². The quantitative estimate of drug-likeness (QED) is 0.0699. The van der Waals surface area contributed by atoms with Crippen LogP contribution in [0.25, 0.3) is 11.1 Å². The summed E-state index contributed by atoms with van der Waals surface area (Å²) in [6, 6.07) is 39.9. The van der Waals surface area contributed by atoms with Gasteiger partial charge in [-0.3, -0.25) is 9.11 Å². The van der Waals surface area contributed by atoms with Gasteiger partial charge in [-0.2, -0.15) is 16.8 Å². The SMILES string of the molecule is COc1c(OCc2ccccc2)c(OCc2ccccc2)cc(COS(=O)(=O)O)c1-c1c(COS(=O)(=O)O)cc(OCc2ccccc2)c(OCc2ccccc2)c1OC.[Na+]. The van der Waals surface area contributed by atoms with Gasteiger partial charge in [0, 0.05) is 11.1 Å². The van der Waals surface area contributed by atoms with Gasteiger partial charge in [0.05, 0.1) is 27.4 Å². The van der Waals surface area contributed by atoms with Gasteiger partial charge in [0.1, 0.15) is 26.4 Å². The Labute approximate surface area is 377 Å². The van der Waals surface area contributed by atoms with E-state index in [1.54, 1.807) is 0 Å². The van der Waals surface area contributed by atoms with Gasteiger partial charge in [0.2, 0.25) is 11.5 Å². The average molecular weight is 882 g/mol. The number of rotatable bonds is 21. The van der Waals surface area contributed by atoms with Crippen molar-refractivity contribution in [1.29, 1.82) is 0 Å². The Morgan fingerprint density at radius 1 is 0.410 bits per heavy atom. The molecule has 14 nitrogen and oxygen atoms in total. The van der Waals surface area contributed by atoms with Crippen LogP contribution in [-0.4, -0.2) is 40.2 Å². The second-order valence-corrected chi connectivity index (χ2v) is 15.2. The summed E-state index contributed by atoms with van der Waals surface area (Å²) < 4.78 is 116. The van der Waals surface area contributed by atoms with Crippen molar-refractivity contribution in [2.45, 2.75) is 39.6 Å². The molecular formula is C44H42NaO14S2+. The largest absolute Gasteiger partial charge is 1.00 e. The first-order valence-corrected chi connectivity index (χ1v) is 21.0. The van der Waals surface area contributed by atoms with Crippen molar-refractivity contribution in [2.75, 3.05) is 14.2 Å². The molecule has 6 aromatic carbocycles. The van der Waals surface area contributed by atoms with E-state index in [2.05, 4.69) is 0 Å². The molecule has 2 N–H and O–H groups in total. The molecule has 0 heterocycles. The summed E-state index contributed by atoms with van der Waals surface area (Å²) in [5.41, 5.74) is 3.32. The van der Waals surface area contributed by atoms with Crippen LogP contribution in [0.1, 0.15) is 33.4 Å². The van der Waals surface area contributed by atoms with E-state index in [9.17, 15) is 25.9 Å². The second-order valence-electron chi connectivity index (χ2n) is 13.0. The standard InChI is InChI=1S/C44H42O14S2.Na/c1-51-43-39(35(29-57-59(45,46)47)23-37(53-25-31-15-7-3-8-16-31)41(43)55-27-33-19-11-5-12-20-33)40-36(30-58-60(48,49)50)24-38(54-26-32-17-9-4-10-18-32)42(44(40)52-2)56-28-34-21-13-6-14-22-34;/h3-24H,25-30H2,1-2H3,(H,45,46,47)(H,48,49,50);/q;+1. The van der Waals surface area contributed by atoms with Crippen molar-refractivity contribution in [3.63, 3.8) is 0 Å². The third kappa shape index (κ3) is 13.4. The summed E-state index contributed by atoms with van der Waals surface area (Å²) in [7, 11) is -7.39. The first kappa shape index (κ1) is 46.9. The molecule has 0 aliphatic heterocycles. The maximum Gasteiger partial charge on any atom is 1.00 e. The minimum absolute atomic E-state index is 0. The predicted octanol–water partition coefficient (Wildman–Crippen LogP) is 5.33. The topological polar surface area (TPSA) is 183 Å². The molecule has 0 amide bonds. The van der Waals surface area contributed by atoms with E-state index in [0.29, 0.717) is 0 Å². The molecule has 6 aromatic rings. The van der Waals surface area contributed by atoms with Crippen LogP contribution in [0.4, 0.5) is 0 Å². The van der Waals surface area contributed by atoms with E-state index < -0.39 is 34.0 Å².